The molecule has 0 bridgehead atoms. The van der Waals surface area contributed by atoms with Crippen LogP contribution in [0.2, 0.25) is 0 Å². The number of rotatable bonds is 5. The lowest BCUT2D eigenvalue weighted by Gasteiger charge is -2.03. The maximum atomic E-state index is 10.9. The number of hydrogen-bond donors (Lipinski definition) is 2. The summed E-state index contributed by atoms with van der Waals surface area (Å²) in [6.45, 7) is 2.99. The summed E-state index contributed by atoms with van der Waals surface area (Å²) in [5, 5.41) is 16.2. The molecule has 2 N–H and O–H groups in total. The summed E-state index contributed by atoms with van der Waals surface area (Å²) in [4.78, 5) is 10.9. The summed E-state index contributed by atoms with van der Waals surface area (Å²) in [6.07, 6.45) is 3.18. The van der Waals surface area contributed by atoms with E-state index >= 15 is 0 Å². The van der Waals surface area contributed by atoms with Crippen molar-refractivity contribution < 1.29 is 14.3 Å². The van der Waals surface area contributed by atoms with E-state index < -0.39 is 5.97 Å². The van der Waals surface area contributed by atoms with Gasteiger partial charge < -0.3 is 14.8 Å². The zero-order valence-corrected chi connectivity index (χ0v) is 10.3. The number of hydrogen-bond acceptors (Lipinski definition) is 4. The lowest BCUT2D eigenvalue weighted by Crippen LogP contribution is -2.14. The first-order valence-electron chi connectivity index (χ1n) is 5.57. The molecule has 0 aliphatic rings. The van der Waals surface area contributed by atoms with Crippen LogP contribution < -0.4 is 5.32 Å². The van der Waals surface area contributed by atoms with Crippen molar-refractivity contribution in [1.82, 2.24) is 15.1 Å². The monoisotopic (exact) mass is 249 g/mol. The first kappa shape index (κ1) is 12.4. The van der Waals surface area contributed by atoms with Crippen molar-refractivity contribution in [2.24, 2.45) is 7.05 Å². The quantitative estimate of drug-likeness (QED) is 0.835. The van der Waals surface area contributed by atoms with E-state index in [9.17, 15) is 4.79 Å². The lowest BCUT2D eigenvalue weighted by atomic mass is 10.2. The van der Waals surface area contributed by atoms with Crippen molar-refractivity contribution in [2.45, 2.75) is 20.0 Å². The summed E-state index contributed by atoms with van der Waals surface area (Å²) < 4.78 is 6.93. The number of aryl methyl sites for hydroxylation is 1. The fourth-order valence-corrected chi connectivity index (χ4v) is 1.70. The Balaban J connectivity index is 1.94. The molecule has 0 saturated carbocycles. The van der Waals surface area contributed by atoms with E-state index in [4.69, 9.17) is 9.52 Å². The number of aromatic nitrogens is 2. The Hall–Kier alpha value is -2.08. The lowest BCUT2D eigenvalue weighted by molar-refractivity contribution is 0.0694. The van der Waals surface area contributed by atoms with Gasteiger partial charge in [-0.25, -0.2) is 4.79 Å². The average Bonchev–Trinajstić information content (AvgIpc) is 2.91. The van der Waals surface area contributed by atoms with Crippen LogP contribution in [0.3, 0.4) is 0 Å². The summed E-state index contributed by atoms with van der Waals surface area (Å²) in [7, 11) is 1.88. The van der Waals surface area contributed by atoms with Crippen molar-refractivity contribution in [3.05, 3.63) is 41.1 Å². The zero-order valence-electron chi connectivity index (χ0n) is 10.3. The first-order chi connectivity index (χ1) is 8.59. The number of aromatic carboxylic acids is 1. The molecule has 0 saturated heterocycles. The van der Waals surface area contributed by atoms with Crippen LogP contribution in [-0.2, 0) is 20.1 Å². The predicted octanol–water partition coefficient (Wildman–Crippen LogP) is 1.31. The minimum atomic E-state index is -0.974. The van der Waals surface area contributed by atoms with Gasteiger partial charge in [-0.15, -0.1) is 0 Å². The van der Waals surface area contributed by atoms with E-state index in [-0.39, 0.29) is 5.56 Å². The normalized spacial score (nSPS) is 10.8. The molecule has 2 aromatic heterocycles. The molecule has 2 rings (SSSR count). The van der Waals surface area contributed by atoms with Gasteiger partial charge in [0.1, 0.15) is 11.3 Å². The van der Waals surface area contributed by atoms with Crippen LogP contribution >= 0.6 is 0 Å². The van der Waals surface area contributed by atoms with Gasteiger partial charge in [0, 0.05) is 24.8 Å². The van der Waals surface area contributed by atoms with Gasteiger partial charge in [-0.1, -0.05) is 0 Å². The van der Waals surface area contributed by atoms with E-state index in [1.165, 1.54) is 12.3 Å². The summed E-state index contributed by atoms with van der Waals surface area (Å²) in [5.41, 5.74) is 2.37. The van der Waals surface area contributed by atoms with Crippen LogP contribution in [0.1, 0.15) is 27.4 Å². The molecule has 6 nitrogen and oxygen atoms in total. The Morgan fingerprint density at radius 1 is 1.56 bits per heavy atom. The van der Waals surface area contributed by atoms with Crippen LogP contribution in [-0.4, -0.2) is 20.9 Å². The molecule has 2 aromatic rings. The van der Waals surface area contributed by atoms with Crippen LogP contribution in [0, 0.1) is 6.92 Å². The number of nitrogens with one attached hydrogen (secondary N) is 1. The standard InChI is InChI=1S/C12H15N3O3/c1-8-9(6-14-15(8)2)5-13-7-11-10(12(16)17)3-4-18-11/h3-4,6,13H,5,7H2,1-2H3,(H,16,17). The van der Waals surface area contributed by atoms with E-state index in [0.29, 0.717) is 18.8 Å². The molecule has 0 atom stereocenters. The Labute approximate surface area is 104 Å². The highest BCUT2D eigenvalue weighted by molar-refractivity contribution is 5.88. The van der Waals surface area contributed by atoms with Crippen molar-refractivity contribution in [3.8, 4) is 0 Å². The van der Waals surface area contributed by atoms with Gasteiger partial charge in [-0.3, -0.25) is 4.68 Å². The Morgan fingerprint density at radius 3 is 2.94 bits per heavy atom. The summed E-state index contributed by atoms with van der Waals surface area (Å²) >= 11 is 0. The van der Waals surface area contributed by atoms with Crippen molar-refractivity contribution in [3.63, 3.8) is 0 Å². The molecule has 96 valence electrons. The molecule has 2 heterocycles. The number of nitrogens with zero attached hydrogens (tertiary/aromatic N) is 2. The highest BCUT2D eigenvalue weighted by Gasteiger charge is 2.12. The third-order valence-electron chi connectivity index (χ3n) is 2.91. The second kappa shape index (κ2) is 5.05. The Bertz CT molecular complexity index is 557. The smallest absolute Gasteiger partial charge is 0.339 e. The topological polar surface area (TPSA) is 80.3 Å². The molecule has 0 aliphatic carbocycles. The van der Waals surface area contributed by atoms with E-state index in [1.807, 2.05) is 14.0 Å². The minimum Gasteiger partial charge on any atom is -0.478 e. The second-order valence-electron chi connectivity index (χ2n) is 4.04. The molecular formula is C12H15N3O3. The summed E-state index contributed by atoms with van der Waals surface area (Å²) in [6, 6.07) is 1.45. The van der Waals surface area contributed by atoms with Crippen LogP contribution in [0.5, 0.6) is 0 Å². The Kier molecular flexibility index (Phi) is 3.47. The van der Waals surface area contributed by atoms with Gasteiger partial charge in [-0.2, -0.15) is 5.10 Å². The molecule has 0 amide bonds. The van der Waals surface area contributed by atoms with Crippen LogP contribution in [0.15, 0.2) is 22.9 Å². The van der Waals surface area contributed by atoms with E-state index in [2.05, 4.69) is 10.4 Å². The van der Waals surface area contributed by atoms with E-state index in [0.717, 1.165) is 11.3 Å². The number of carboxylic acids is 1. The molecule has 0 fully saturated rings. The molecule has 0 aliphatic heterocycles. The van der Waals surface area contributed by atoms with Crippen molar-refractivity contribution in [2.75, 3.05) is 0 Å². The molecule has 0 unspecified atom stereocenters. The van der Waals surface area contributed by atoms with Gasteiger partial charge in [-0.05, 0) is 13.0 Å². The van der Waals surface area contributed by atoms with Crippen LogP contribution in [0.25, 0.3) is 0 Å². The van der Waals surface area contributed by atoms with Gasteiger partial charge in [0.05, 0.1) is 19.0 Å². The highest BCUT2D eigenvalue weighted by Crippen LogP contribution is 2.11. The average molecular weight is 249 g/mol. The minimum absolute atomic E-state index is 0.199. The van der Waals surface area contributed by atoms with Crippen molar-refractivity contribution in [1.29, 1.82) is 0 Å². The van der Waals surface area contributed by atoms with E-state index in [1.54, 1.807) is 10.9 Å². The third-order valence-corrected chi connectivity index (χ3v) is 2.91. The molecule has 0 spiro atoms. The number of carbonyl (C=O) groups is 1. The largest absolute Gasteiger partial charge is 0.478 e. The predicted molar refractivity (Wildman–Crippen MR) is 64.2 cm³/mol. The van der Waals surface area contributed by atoms with Crippen molar-refractivity contribution >= 4 is 5.97 Å². The second-order valence-corrected chi connectivity index (χ2v) is 4.04. The fourth-order valence-electron chi connectivity index (χ4n) is 1.70. The van der Waals surface area contributed by atoms with Gasteiger partial charge in [0.2, 0.25) is 0 Å². The van der Waals surface area contributed by atoms with Gasteiger partial charge in [0.15, 0.2) is 0 Å². The SMILES string of the molecule is Cc1c(CNCc2occc2C(=O)O)cnn1C. The molecule has 18 heavy (non-hydrogen) atoms. The van der Waals surface area contributed by atoms with Gasteiger partial charge >= 0.3 is 5.97 Å². The highest BCUT2D eigenvalue weighted by atomic mass is 16.4. The molecular weight excluding hydrogens is 234 g/mol. The molecule has 0 aromatic carbocycles. The number of carboxylic acid groups (broad SMARTS) is 1. The van der Waals surface area contributed by atoms with Gasteiger partial charge in [0.25, 0.3) is 0 Å². The molecule has 6 heteroatoms. The molecule has 0 radical (unpaired) electrons. The summed E-state index contributed by atoms with van der Waals surface area (Å²) in [5.74, 6) is -0.540. The maximum absolute atomic E-state index is 10.9. The maximum Gasteiger partial charge on any atom is 0.339 e. The zero-order chi connectivity index (χ0) is 13.1. The Morgan fingerprint density at radius 2 is 2.33 bits per heavy atom. The number of furan rings is 1. The third kappa shape index (κ3) is 2.43. The van der Waals surface area contributed by atoms with Crippen LogP contribution in [0.4, 0.5) is 0 Å². The fraction of sp³-hybridized carbons (Fsp3) is 0.333. The first-order valence-corrected chi connectivity index (χ1v) is 5.57.